The highest BCUT2D eigenvalue weighted by Crippen LogP contribution is 2.15. The largest absolute Gasteiger partial charge is 0.497 e. The van der Waals surface area contributed by atoms with Crippen LogP contribution in [0.4, 0.5) is 0 Å². The fourth-order valence-corrected chi connectivity index (χ4v) is 2.20. The molecular weight excluding hydrogens is 256 g/mol. The quantitative estimate of drug-likeness (QED) is 0.866. The Morgan fingerprint density at radius 1 is 1.40 bits per heavy atom. The lowest BCUT2D eigenvalue weighted by Gasteiger charge is -2.37. The number of methoxy groups -OCH3 is 1. The molecule has 0 aromatic heterocycles. The molecule has 0 radical (unpaired) electrons. The maximum Gasteiger partial charge on any atom is 0.226 e. The molecule has 0 unspecified atom stereocenters. The minimum absolute atomic E-state index is 0.0328. The molecule has 0 spiro atoms. The van der Waals surface area contributed by atoms with Crippen LogP contribution in [0.1, 0.15) is 12.5 Å². The maximum absolute atomic E-state index is 11.8. The first-order valence-electron chi connectivity index (χ1n) is 6.76. The molecule has 1 aromatic carbocycles. The van der Waals surface area contributed by atoms with Gasteiger partial charge in [-0.2, -0.15) is 0 Å². The summed E-state index contributed by atoms with van der Waals surface area (Å²) in [7, 11) is 1.64. The van der Waals surface area contributed by atoms with Crippen LogP contribution >= 0.6 is 0 Å². The Labute approximate surface area is 118 Å². The summed E-state index contributed by atoms with van der Waals surface area (Å²) in [4.78, 5) is 24.5. The normalized spacial score (nSPS) is 14.6. The van der Waals surface area contributed by atoms with Crippen molar-refractivity contribution in [1.82, 2.24) is 10.2 Å². The number of nitrogens with one attached hydrogen (secondary N) is 1. The van der Waals surface area contributed by atoms with E-state index in [0.717, 1.165) is 17.7 Å². The van der Waals surface area contributed by atoms with Crippen LogP contribution in [0.2, 0.25) is 0 Å². The van der Waals surface area contributed by atoms with Crippen LogP contribution in [0.3, 0.4) is 0 Å². The molecule has 2 rings (SSSR count). The number of nitrogens with zero attached hydrogens (tertiary/aromatic N) is 1. The fraction of sp³-hybridized carbons (Fsp3) is 0.467. The molecule has 1 saturated heterocycles. The van der Waals surface area contributed by atoms with Crippen LogP contribution in [0.25, 0.3) is 0 Å². The Morgan fingerprint density at radius 2 is 2.15 bits per heavy atom. The van der Waals surface area contributed by atoms with Gasteiger partial charge in [-0.15, -0.1) is 0 Å². The van der Waals surface area contributed by atoms with Gasteiger partial charge < -0.3 is 15.0 Å². The molecule has 1 N–H and O–H groups in total. The highest BCUT2D eigenvalue weighted by molar-refractivity contribution is 5.83. The molecule has 20 heavy (non-hydrogen) atoms. The van der Waals surface area contributed by atoms with E-state index in [4.69, 9.17) is 4.74 Å². The molecule has 2 amide bonds. The molecule has 1 aliphatic rings. The summed E-state index contributed by atoms with van der Waals surface area (Å²) in [5, 5.41) is 2.91. The smallest absolute Gasteiger partial charge is 0.226 e. The number of hydrogen-bond donors (Lipinski definition) is 1. The Hall–Kier alpha value is -2.04. The van der Waals surface area contributed by atoms with Gasteiger partial charge in [0.2, 0.25) is 11.8 Å². The number of carbonyl (C=O) groups excluding carboxylic acids is 2. The van der Waals surface area contributed by atoms with Gasteiger partial charge in [-0.05, 0) is 24.1 Å². The first-order valence-corrected chi connectivity index (χ1v) is 6.76. The molecule has 5 nitrogen and oxygen atoms in total. The van der Waals surface area contributed by atoms with E-state index in [1.54, 1.807) is 12.0 Å². The predicted octanol–water partition coefficient (Wildman–Crippen LogP) is 0.832. The molecule has 0 saturated carbocycles. The second-order valence-corrected chi connectivity index (χ2v) is 5.01. The highest BCUT2D eigenvalue weighted by Gasteiger charge is 2.33. The lowest BCUT2D eigenvalue weighted by Crippen LogP contribution is -2.55. The molecule has 0 atom stereocenters. The third-order valence-electron chi connectivity index (χ3n) is 3.54. The summed E-state index contributed by atoms with van der Waals surface area (Å²) in [5.74, 6) is 0.838. The van der Waals surface area contributed by atoms with Gasteiger partial charge in [-0.25, -0.2) is 0 Å². The monoisotopic (exact) mass is 276 g/mol. The first kappa shape index (κ1) is 14.4. The topological polar surface area (TPSA) is 58.6 Å². The van der Waals surface area contributed by atoms with E-state index < -0.39 is 0 Å². The molecule has 1 aromatic rings. The zero-order chi connectivity index (χ0) is 14.5. The molecule has 0 aliphatic carbocycles. The Bertz CT molecular complexity index is 496. The molecule has 0 bridgehead atoms. The number of ether oxygens (including phenoxy) is 1. The maximum atomic E-state index is 11.8. The zero-order valence-electron chi connectivity index (χ0n) is 11.9. The second-order valence-electron chi connectivity index (χ2n) is 5.01. The third-order valence-corrected chi connectivity index (χ3v) is 3.54. The molecular formula is C15H20N2O3. The van der Waals surface area contributed by atoms with E-state index in [0.29, 0.717) is 19.6 Å². The van der Waals surface area contributed by atoms with E-state index in [9.17, 15) is 9.59 Å². The van der Waals surface area contributed by atoms with E-state index in [1.807, 2.05) is 24.3 Å². The van der Waals surface area contributed by atoms with Gasteiger partial charge in [0.05, 0.1) is 13.0 Å². The highest BCUT2D eigenvalue weighted by atomic mass is 16.5. The predicted molar refractivity (Wildman–Crippen MR) is 75.5 cm³/mol. The van der Waals surface area contributed by atoms with Crippen molar-refractivity contribution in [3.63, 3.8) is 0 Å². The van der Waals surface area contributed by atoms with E-state index >= 15 is 0 Å². The van der Waals surface area contributed by atoms with Gasteiger partial charge in [0.1, 0.15) is 5.75 Å². The Kier molecular flexibility index (Phi) is 4.61. The van der Waals surface area contributed by atoms with Crippen molar-refractivity contribution in [3.8, 4) is 5.75 Å². The van der Waals surface area contributed by atoms with Gasteiger partial charge in [-0.3, -0.25) is 9.59 Å². The number of benzene rings is 1. The minimum atomic E-state index is -0.0517. The van der Waals surface area contributed by atoms with Crippen molar-refractivity contribution in [2.24, 2.45) is 5.92 Å². The van der Waals surface area contributed by atoms with Gasteiger partial charge in [0, 0.05) is 26.6 Å². The summed E-state index contributed by atoms with van der Waals surface area (Å²) in [6.07, 6.45) is 0.770. The summed E-state index contributed by atoms with van der Waals surface area (Å²) in [6, 6.07) is 7.81. The van der Waals surface area contributed by atoms with Crippen molar-refractivity contribution in [1.29, 1.82) is 0 Å². The first-order chi connectivity index (χ1) is 9.60. The molecule has 1 aliphatic heterocycles. The Balaban J connectivity index is 1.71. The summed E-state index contributed by atoms with van der Waals surface area (Å²) in [6.45, 7) is 3.21. The van der Waals surface area contributed by atoms with Gasteiger partial charge in [0.25, 0.3) is 0 Å². The van der Waals surface area contributed by atoms with Gasteiger partial charge in [-0.1, -0.05) is 12.1 Å². The van der Waals surface area contributed by atoms with Crippen molar-refractivity contribution < 1.29 is 14.3 Å². The van der Waals surface area contributed by atoms with Crippen LogP contribution in [0, 0.1) is 5.92 Å². The summed E-state index contributed by atoms with van der Waals surface area (Å²) in [5.41, 5.74) is 1.13. The van der Waals surface area contributed by atoms with E-state index in [2.05, 4.69) is 5.32 Å². The van der Waals surface area contributed by atoms with Crippen molar-refractivity contribution in [2.75, 3.05) is 26.7 Å². The van der Waals surface area contributed by atoms with Crippen LogP contribution in [0.15, 0.2) is 24.3 Å². The van der Waals surface area contributed by atoms with E-state index in [1.165, 1.54) is 6.92 Å². The van der Waals surface area contributed by atoms with Gasteiger partial charge in [0.15, 0.2) is 0 Å². The van der Waals surface area contributed by atoms with Crippen LogP contribution < -0.4 is 10.1 Å². The molecule has 1 heterocycles. The van der Waals surface area contributed by atoms with Crippen LogP contribution in [-0.4, -0.2) is 43.5 Å². The number of hydrogen-bond acceptors (Lipinski definition) is 3. The Morgan fingerprint density at radius 3 is 2.80 bits per heavy atom. The zero-order valence-corrected chi connectivity index (χ0v) is 11.9. The van der Waals surface area contributed by atoms with Crippen molar-refractivity contribution in [3.05, 3.63) is 29.8 Å². The second kappa shape index (κ2) is 6.41. The third kappa shape index (κ3) is 3.50. The van der Waals surface area contributed by atoms with Crippen LogP contribution in [0.5, 0.6) is 5.75 Å². The number of rotatable bonds is 5. The van der Waals surface area contributed by atoms with E-state index in [-0.39, 0.29) is 17.7 Å². The number of amides is 2. The summed E-state index contributed by atoms with van der Waals surface area (Å²) >= 11 is 0. The van der Waals surface area contributed by atoms with Gasteiger partial charge >= 0.3 is 0 Å². The average molecular weight is 276 g/mol. The summed E-state index contributed by atoms with van der Waals surface area (Å²) < 4.78 is 5.16. The lowest BCUT2D eigenvalue weighted by molar-refractivity contribution is -0.141. The lowest BCUT2D eigenvalue weighted by atomic mass is 9.99. The number of carbonyl (C=O) groups is 2. The SMILES string of the molecule is COc1cccc(CCNC(=O)C2CN(C(C)=O)C2)c1. The standard InChI is InChI=1S/C15H20N2O3/c1-11(18)17-9-13(10-17)15(19)16-7-6-12-4-3-5-14(8-12)20-2/h3-5,8,13H,6-7,9-10H2,1-2H3,(H,16,19). The average Bonchev–Trinajstić information content (AvgIpc) is 2.36. The number of likely N-dealkylation sites (tertiary alicyclic amines) is 1. The molecule has 1 fully saturated rings. The van der Waals surface area contributed by atoms with Crippen molar-refractivity contribution in [2.45, 2.75) is 13.3 Å². The molecule has 5 heteroatoms. The molecule has 108 valence electrons. The van der Waals surface area contributed by atoms with Crippen LogP contribution in [-0.2, 0) is 16.0 Å². The van der Waals surface area contributed by atoms with Crippen molar-refractivity contribution >= 4 is 11.8 Å². The fourth-order valence-electron chi connectivity index (χ4n) is 2.20. The minimum Gasteiger partial charge on any atom is -0.497 e.